The summed E-state index contributed by atoms with van der Waals surface area (Å²) in [5, 5.41) is 11.8. The molecule has 0 atom stereocenters. The highest BCUT2D eigenvalue weighted by atomic mass is 32.2. The lowest BCUT2D eigenvalue weighted by molar-refractivity contribution is -0.133. The Hall–Kier alpha value is -0.990. The van der Waals surface area contributed by atoms with Crippen LogP contribution in [0.15, 0.2) is 21.4 Å². The Balaban J connectivity index is 2.28. The van der Waals surface area contributed by atoms with Crippen LogP contribution in [-0.2, 0) is 11.3 Å². The fourth-order valence-electron chi connectivity index (χ4n) is 1.88. The van der Waals surface area contributed by atoms with E-state index in [0.29, 0.717) is 21.9 Å². The first kappa shape index (κ1) is 16.4. The highest BCUT2D eigenvalue weighted by Crippen LogP contribution is 2.21. The second-order valence-corrected chi connectivity index (χ2v) is 7.20. The van der Waals surface area contributed by atoms with Crippen LogP contribution in [0.2, 0.25) is 0 Å². The Morgan fingerprint density at radius 2 is 2.29 bits per heavy atom. The van der Waals surface area contributed by atoms with Gasteiger partial charge in [-0.25, -0.2) is 4.98 Å². The molecular weight excluding hydrogens is 328 g/mol. The molecule has 5 nitrogen and oxygen atoms in total. The van der Waals surface area contributed by atoms with Gasteiger partial charge in [0, 0.05) is 6.54 Å². The van der Waals surface area contributed by atoms with Crippen molar-refractivity contribution in [3.63, 3.8) is 0 Å². The van der Waals surface area contributed by atoms with Crippen LogP contribution in [0.5, 0.6) is 0 Å². The molecule has 0 aromatic carbocycles. The first-order chi connectivity index (χ1) is 10.1. The summed E-state index contributed by atoms with van der Waals surface area (Å²) >= 11 is 4.29. The maximum absolute atomic E-state index is 12.5. The molecule has 0 spiro atoms. The van der Waals surface area contributed by atoms with Crippen molar-refractivity contribution in [2.24, 2.45) is 0 Å². The second-order valence-electron chi connectivity index (χ2n) is 4.37. The molecule has 2 aromatic heterocycles. The third kappa shape index (κ3) is 4.24. The molecule has 114 valence electrons. The van der Waals surface area contributed by atoms with Crippen LogP contribution in [0.3, 0.4) is 0 Å². The van der Waals surface area contributed by atoms with Crippen molar-refractivity contribution in [1.29, 1.82) is 0 Å². The summed E-state index contributed by atoms with van der Waals surface area (Å²) in [6.07, 6.45) is 3.97. The number of fused-ring (bicyclic) bond motifs is 1. The van der Waals surface area contributed by atoms with Crippen LogP contribution in [0.25, 0.3) is 10.2 Å². The quantitative estimate of drug-likeness (QED) is 0.451. The first-order valence-corrected chi connectivity index (χ1v) is 9.71. The molecule has 8 heteroatoms. The van der Waals surface area contributed by atoms with Gasteiger partial charge < -0.3 is 5.11 Å². The SMILES string of the molecule is CSCCCCn1c(SCC(=O)O)nc2sccc2c1=O. The minimum Gasteiger partial charge on any atom is -0.481 e. The number of hydrogen-bond acceptors (Lipinski definition) is 6. The minimum absolute atomic E-state index is 0.0710. The molecule has 2 aromatic rings. The molecule has 21 heavy (non-hydrogen) atoms. The maximum atomic E-state index is 12.5. The van der Waals surface area contributed by atoms with Gasteiger partial charge >= 0.3 is 5.97 Å². The van der Waals surface area contributed by atoms with Crippen molar-refractivity contribution in [1.82, 2.24) is 9.55 Å². The van der Waals surface area contributed by atoms with E-state index in [1.165, 1.54) is 11.3 Å². The Bertz CT molecular complexity index is 681. The number of carboxylic acid groups (broad SMARTS) is 1. The normalized spacial score (nSPS) is 11.1. The van der Waals surface area contributed by atoms with Crippen molar-refractivity contribution in [2.45, 2.75) is 24.5 Å². The number of thiophene rings is 1. The van der Waals surface area contributed by atoms with Gasteiger partial charge in [-0.3, -0.25) is 14.2 Å². The van der Waals surface area contributed by atoms with Crippen molar-refractivity contribution >= 4 is 51.0 Å². The highest BCUT2D eigenvalue weighted by molar-refractivity contribution is 7.99. The Labute approximate surface area is 134 Å². The van der Waals surface area contributed by atoms with Crippen LogP contribution >= 0.6 is 34.9 Å². The van der Waals surface area contributed by atoms with Gasteiger partial charge in [0.15, 0.2) is 5.16 Å². The number of aliphatic carboxylic acids is 1. The lowest BCUT2D eigenvalue weighted by atomic mass is 10.3. The number of aromatic nitrogens is 2. The first-order valence-electron chi connectivity index (χ1n) is 6.45. The highest BCUT2D eigenvalue weighted by Gasteiger charge is 2.13. The molecule has 0 unspecified atom stereocenters. The lowest BCUT2D eigenvalue weighted by Gasteiger charge is -2.11. The van der Waals surface area contributed by atoms with E-state index < -0.39 is 5.97 Å². The number of unbranched alkanes of at least 4 members (excludes halogenated alkanes) is 1. The largest absolute Gasteiger partial charge is 0.481 e. The molecular formula is C13H16N2O3S3. The van der Waals surface area contributed by atoms with E-state index in [-0.39, 0.29) is 11.3 Å². The molecule has 2 heterocycles. The molecule has 2 rings (SSSR count). The zero-order valence-corrected chi connectivity index (χ0v) is 14.0. The van der Waals surface area contributed by atoms with Gasteiger partial charge in [-0.2, -0.15) is 11.8 Å². The van der Waals surface area contributed by atoms with Crippen molar-refractivity contribution in [3.8, 4) is 0 Å². The summed E-state index contributed by atoms with van der Waals surface area (Å²) in [6.45, 7) is 0.583. The molecule has 0 bridgehead atoms. The van der Waals surface area contributed by atoms with E-state index >= 15 is 0 Å². The summed E-state index contributed by atoms with van der Waals surface area (Å²) in [5.74, 6) is 0.0590. The molecule has 1 N–H and O–H groups in total. The second kappa shape index (κ2) is 7.86. The van der Waals surface area contributed by atoms with E-state index in [0.717, 1.165) is 30.4 Å². The van der Waals surface area contributed by atoms with Gasteiger partial charge in [0.2, 0.25) is 0 Å². The molecule has 0 radical (unpaired) electrons. The molecule has 0 fully saturated rings. The Morgan fingerprint density at radius 3 is 3.00 bits per heavy atom. The summed E-state index contributed by atoms with van der Waals surface area (Å²) in [6, 6.07) is 1.78. The molecule has 0 aliphatic carbocycles. The van der Waals surface area contributed by atoms with Crippen molar-refractivity contribution < 1.29 is 9.90 Å². The third-order valence-corrected chi connectivity index (χ3v) is 5.32. The van der Waals surface area contributed by atoms with Crippen molar-refractivity contribution in [3.05, 3.63) is 21.8 Å². The van der Waals surface area contributed by atoms with Crippen molar-refractivity contribution in [2.75, 3.05) is 17.8 Å². The molecule has 0 aliphatic heterocycles. The van der Waals surface area contributed by atoms with Gasteiger partial charge in [-0.15, -0.1) is 11.3 Å². The number of nitrogens with zero attached hydrogens (tertiary/aromatic N) is 2. The molecule has 0 saturated carbocycles. The van der Waals surface area contributed by atoms with Crippen LogP contribution in [-0.4, -0.2) is 38.4 Å². The Morgan fingerprint density at radius 1 is 1.48 bits per heavy atom. The monoisotopic (exact) mass is 344 g/mol. The summed E-state index contributed by atoms with van der Waals surface area (Å²) in [7, 11) is 0. The summed E-state index contributed by atoms with van der Waals surface area (Å²) < 4.78 is 1.61. The number of carboxylic acids is 1. The van der Waals surface area contributed by atoms with Crippen LogP contribution in [0.1, 0.15) is 12.8 Å². The Kier molecular flexibility index (Phi) is 6.13. The van der Waals surface area contributed by atoms with E-state index in [9.17, 15) is 9.59 Å². The predicted octanol–water partition coefficient (Wildman–Crippen LogP) is 2.78. The topological polar surface area (TPSA) is 72.2 Å². The molecule has 0 aliphatic rings. The maximum Gasteiger partial charge on any atom is 0.313 e. The lowest BCUT2D eigenvalue weighted by Crippen LogP contribution is -2.23. The van der Waals surface area contributed by atoms with Crippen LogP contribution < -0.4 is 5.56 Å². The minimum atomic E-state index is -0.908. The smallest absolute Gasteiger partial charge is 0.313 e. The summed E-state index contributed by atoms with van der Waals surface area (Å²) in [4.78, 5) is 28.3. The van der Waals surface area contributed by atoms with E-state index in [2.05, 4.69) is 11.2 Å². The number of thioether (sulfide) groups is 2. The third-order valence-electron chi connectivity index (χ3n) is 2.85. The average molecular weight is 344 g/mol. The van der Waals surface area contributed by atoms with E-state index in [1.807, 2.05) is 5.38 Å². The van der Waals surface area contributed by atoms with Gasteiger partial charge in [-0.1, -0.05) is 11.8 Å². The predicted molar refractivity (Wildman–Crippen MR) is 89.9 cm³/mol. The summed E-state index contributed by atoms with van der Waals surface area (Å²) in [5.41, 5.74) is -0.0710. The van der Waals surface area contributed by atoms with Gasteiger partial charge in [-0.05, 0) is 36.3 Å². The number of hydrogen-bond donors (Lipinski definition) is 1. The zero-order chi connectivity index (χ0) is 15.2. The van der Waals surface area contributed by atoms with E-state index in [4.69, 9.17) is 5.11 Å². The van der Waals surface area contributed by atoms with Gasteiger partial charge in [0.05, 0.1) is 11.1 Å². The van der Waals surface area contributed by atoms with E-state index in [1.54, 1.807) is 22.4 Å². The van der Waals surface area contributed by atoms with Gasteiger partial charge in [0.1, 0.15) is 4.83 Å². The zero-order valence-electron chi connectivity index (χ0n) is 11.6. The fraction of sp³-hybridized carbons (Fsp3) is 0.462. The fourth-order valence-corrected chi connectivity index (χ4v) is 3.92. The van der Waals surface area contributed by atoms with Gasteiger partial charge in [0.25, 0.3) is 5.56 Å². The van der Waals surface area contributed by atoms with Crippen LogP contribution in [0, 0.1) is 0 Å². The average Bonchev–Trinajstić information content (AvgIpc) is 2.92. The standard InChI is InChI=1S/C13H16N2O3S3/c1-19-6-3-2-5-15-12(18)9-4-7-20-11(9)14-13(15)21-8-10(16)17/h4,7H,2-3,5-6,8H2,1H3,(H,16,17). The number of rotatable bonds is 8. The number of carbonyl (C=O) groups is 1. The van der Waals surface area contributed by atoms with Crippen LogP contribution in [0.4, 0.5) is 0 Å². The molecule has 0 amide bonds. The molecule has 0 saturated heterocycles.